The van der Waals surface area contributed by atoms with E-state index in [1.54, 1.807) is 6.92 Å². The molecule has 0 spiro atoms. The van der Waals surface area contributed by atoms with Crippen LogP contribution in [-0.4, -0.2) is 22.8 Å². The third-order valence-electron chi connectivity index (χ3n) is 1.97. The number of hydrogen-bond acceptors (Lipinski definition) is 3. The molecule has 0 saturated carbocycles. The Labute approximate surface area is 87.6 Å². The van der Waals surface area contributed by atoms with Crippen LogP contribution in [0.3, 0.4) is 0 Å². The Morgan fingerprint density at radius 3 is 2.93 bits per heavy atom. The molecule has 0 aromatic carbocycles. The van der Waals surface area contributed by atoms with E-state index in [9.17, 15) is 4.79 Å². The van der Waals surface area contributed by atoms with Crippen molar-refractivity contribution < 1.29 is 9.53 Å². The Hall–Kier alpha value is -1.03. The summed E-state index contributed by atoms with van der Waals surface area (Å²) in [5.74, 6) is 0. The summed E-state index contributed by atoms with van der Waals surface area (Å²) in [6.07, 6.45) is 1.15. The molecule has 1 unspecified atom stereocenters. The van der Waals surface area contributed by atoms with E-state index < -0.39 is 0 Å². The number of nitrogens with zero attached hydrogens (tertiary/aromatic N) is 1. The largest absolute Gasteiger partial charge is 0.464 e. The number of carbonyl (C=O) groups excluding carboxylic acids is 1. The monoisotopic (exact) mass is 216 g/mol. The van der Waals surface area contributed by atoms with Crippen LogP contribution in [0.15, 0.2) is 0 Å². The third-order valence-corrected chi connectivity index (χ3v) is 2.41. The van der Waals surface area contributed by atoms with Crippen LogP contribution in [0.2, 0.25) is 5.02 Å². The Morgan fingerprint density at radius 2 is 2.43 bits per heavy atom. The van der Waals surface area contributed by atoms with Gasteiger partial charge in [-0.25, -0.2) is 0 Å². The van der Waals surface area contributed by atoms with Crippen molar-refractivity contribution in [1.82, 2.24) is 10.2 Å². The van der Waals surface area contributed by atoms with E-state index in [0.29, 0.717) is 17.9 Å². The smallest absolute Gasteiger partial charge is 0.293 e. The zero-order valence-corrected chi connectivity index (χ0v) is 8.97. The number of aromatic nitrogens is 2. The van der Waals surface area contributed by atoms with E-state index in [4.69, 9.17) is 16.3 Å². The summed E-state index contributed by atoms with van der Waals surface area (Å²) in [5, 5.41) is 7.55. The normalized spacial score (nSPS) is 12.5. The second-order valence-corrected chi connectivity index (χ2v) is 3.44. The fourth-order valence-corrected chi connectivity index (χ4v) is 1.49. The molecule has 0 saturated heterocycles. The summed E-state index contributed by atoms with van der Waals surface area (Å²) in [5.41, 5.74) is 1.66. The van der Waals surface area contributed by atoms with Gasteiger partial charge >= 0.3 is 0 Å². The van der Waals surface area contributed by atoms with Crippen LogP contribution in [0.4, 0.5) is 0 Å². The second kappa shape index (κ2) is 5.00. The predicted molar refractivity (Wildman–Crippen MR) is 53.3 cm³/mol. The summed E-state index contributed by atoms with van der Waals surface area (Å²) in [7, 11) is 0. The molecule has 0 amide bonds. The highest BCUT2D eigenvalue weighted by Crippen LogP contribution is 2.20. The molecule has 0 fully saturated rings. The van der Waals surface area contributed by atoms with E-state index in [0.717, 1.165) is 17.8 Å². The van der Waals surface area contributed by atoms with Crippen LogP contribution < -0.4 is 0 Å². The van der Waals surface area contributed by atoms with Crippen LogP contribution in [0.1, 0.15) is 25.2 Å². The Kier molecular flexibility index (Phi) is 3.95. The third kappa shape index (κ3) is 2.48. The topological polar surface area (TPSA) is 55.0 Å². The summed E-state index contributed by atoms with van der Waals surface area (Å²) in [4.78, 5) is 10.1. The lowest BCUT2D eigenvalue weighted by molar-refractivity contribution is -0.132. The van der Waals surface area contributed by atoms with Gasteiger partial charge in [-0.2, -0.15) is 5.10 Å². The number of rotatable bonds is 5. The van der Waals surface area contributed by atoms with Crippen LogP contribution in [0, 0.1) is 0 Å². The number of ether oxygens (including phenoxy) is 1. The molecule has 0 radical (unpaired) electrons. The summed E-state index contributed by atoms with van der Waals surface area (Å²) >= 11 is 6.03. The number of halogens is 1. The summed E-state index contributed by atoms with van der Waals surface area (Å²) in [6.45, 7) is 4.23. The minimum absolute atomic E-state index is 0.196. The van der Waals surface area contributed by atoms with Crippen molar-refractivity contribution in [1.29, 1.82) is 0 Å². The van der Waals surface area contributed by atoms with Crippen molar-refractivity contribution >= 4 is 18.1 Å². The van der Waals surface area contributed by atoms with E-state index in [1.165, 1.54) is 0 Å². The van der Waals surface area contributed by atoms with E-state index in [-0.39, 0.29) is 6.10 Å². The minimum Gasteiger partial charge on any atom is -0.464 e. The Balaban J connectivity index is 2.66. The van der Waals surface area contributed by atoms with E-state index >= 15 is 0 Å². The van der Waals surface area contributed by atoms with Crippen LogP contribution in [0.5, 0.6) is 0 Å². The fourth-order valence-electron chi connectivity index (χ4n) is 1.19. The molecule has 1 heterocycles. The number of H-pyrrole nitrogens is 1. The lowest BCUT2D eigenvalue weighted by atomic mass is 10.2. The highest BCUT2D eigenvalue weighted by atomic mass is 35.5. The number of carbonyl (C=O) groups is 1. The van der Waals surface area contributed by atoms with Crippen LogP contribution >= 0.6 is 11.6 Å². The van der Waals surface area contributed by atoms with Gasteiger partial charge in [-0.1, -0.05) is 18.5 Å². The standard InChI is InChI=1S/C9H13ClN2O2/c1-3-7-9(10)8(12-11-7)4-6(2)14-5-13/h5-6H,3-4H2,1-2H3,(H,11,12). The van der Waals surface area contributed by atoms with Crippen molar-refractivity contribution in [3.63, 3.8) is 0 Å². The molecule has 78 valence electrons. The van der Waals surface area contributed by atoms with Gasteiger partial charge in [-0.3, -0.25) is 9.89 Å². The summed E-state index contributed by atoms with van der Waals surface area (Å²) < 4.78 is 4.75. The van der Waals surface area contributed by atoms with Crippen molar-refractivity contribution in [2.75, 3.05) is 0 Å². The van der Waals surface area contributed by atoms with Gasteiger partial charge in [0.1, 0.15) is 6.10 Å². The Bertz CT molecular complexity index is 312. The quantitative estimate of drug-likeness (QED) is 0.763. The molecule has 1 aromatic heterocycles. The minimum atomic E-state index is -0.196. The van der Waals surface area contributed by atoms with Crippen LogP contribution in [0.25, 0.3) is 0 Å². The van der Waals surface area contributed by atoms with Crippen molar-refractivity contribution in [2.45, 2.75) is 32.8 Å². The highest BCUT2D eigenvalue weighted by molar-refractivity contribution is 6.31. The SMILES string of the molecule is CCc1[nH]nc(CC(C)OC=O)c1Cl. The lowest BCUT2D eigenvalue weighted by Gasteiger charge is -2.06. The molecule has 4 nitrogen and oxygen atoms in total. The van der Waals surface area contributed by atoms with Crippen molar-refractivity contribution in [3.8, 4) is 0 Å². The molecule has 1 N–H and O–H groups in total. The number of nitrogens with one attached hydrogen (secondary N) is 1. The average Bonchev–Trinajstić information content (AvgIpc) is 2.48. The van der Waals surface area contributed by atoms with Crippen molar-refractivity contribution in [3.05, 3.63) is 16.4 Å². The second-order valence-electron chi connectivity index (χ2n) is 3.06. The molecule has 0 aliphatic rings. The molecule has 0 aliphatic carbocycles. The number of aryl methyl sites for hydroxylation is 1. The van der Waals surface area contributed by atoms with Gasteiger partial charge in [0.2, 0.25) is 0 Å². The zero-order chi connectivity index (χ0) is 10.6. The van der Waals surface area contributed by atoms with Crippen molar-refractivity contribution in [2.24, 2.45) is 0 Å². The number of aromatic amines is 1. The molecule has 0 aliphatic heterocycles. The molecule has 1 aromatic rings. The number of hydrogen-bond donors (Lipinski definition) is 1. The van der Waals surface area contributed by atoms with Gasteiger partial charge < -0.3 is 4.74 Å². The van der Waals surface area contributed by atoms with E-state index in [2.05, 4.69) is 10.2 Å². The molecule has 1 rings (SSSR count). The van der Waals surface area contributed by atoms with Gasteiger partial charge in [-0.15, -0.1) is 0 Å². The lowest BCUT2D eigenvalue weighted by Crippen LogP contribution is -2.10. The van der Waals surface area contributed by atoms with Gasteiger partial charge in [0, 0.05) is 6.42 Å². The first-order valence-corrected chi connectivity index (χ1v) is 4.87. The predicted octanol–water partition coefficient (Wildman–Crippen LogP) is 1.73. The first-order chi connectivity index (χ1) is 6.69. The average molecular weight is 217 g/mol. The maximum absolute atomic E-state index is 10.1. The van der Waals surface area contributed by atoms with Gasteiger partial charge in [-0.05, 0) is 13.3 Å². The highest BCUT2D eigenvalue weighted by Gasteiger charge is 2.13. The Morgan fingerprint density at radius 1 is 1.71 bits per heavy atom. The maximum Gasteiger partial charge on any atom is 0.293 e. The zero-order valence-electron chi connectivity index (χ0n) is 8.21. The first-order valence-electron chi connectivity index (χ1n) is 4.49. The molecular weight excluding hydrogens is 204 g/mol. The fraction of sp³-hybridized carbons (Fsp3) is 0.556. The first kappa shape index (κ1) is 11.0. The van der Waals surface area contributed by atoms with Gasteiger partial charge in [0.15, 0.2) is 0 Å². The molecule has 14 heavy (non-hydrogen) atoms. The summed E-state index contributed by atoms with van der Waals surface area (Å²) in [6, 6.07) is 0. The van der Waals surface area contributed by atoms with Crippen LogP contribution in [-0.2, 0) is 22.4 Å². The van der Waals surface area contributed by atoms with Gasteiger partial charge in [0.05, 0.1) is 16.4 Å². The molecule has 0 bridgehead atoms. The maximum atomic E-state index is 10.1. The molecular formula is C9H13ClN2O2. The van der Waals surface area contributed by atoms with E-state index in [1.807, 2.05) is 6.92 Å². The molecule has 5 heteroatoms. The molecule has 1 atom stereocenters. The van der Waals surface area contributed by atoms with Gasteiger partial charge in [0.25, 0.3) is 6.47 Å².